The summed E-state index contributed by atoms with van der Waals surface area (Å²) in [6.07, 6.45) is 7.06. The normalized spacial score (nSPS) is 12.2. The first kappa shape index (κ1) is 22.7. The molecule has 2 aromatic rings. The molecule has 0 fully saturated rings. The van der Waals surface area contributed by atoms with E-state index in [0.29, 0.717) is 6.61 Å². The van der Waals surface area contributed by atoms with Crippen molar-refractivity contribution in [2.75, 3.05) is 13.2 Å². The molecule has 0 spiro atoms. The molecule has 29 heavy (non-hydrogen) atoms. The molecule has 0 amide bonds. The van der Waals surface area contributed by atoms with E-state index in [1.807, 2.05) is 71.0 Å². The highest BCUT2D eigenvalue weighted by molar-refractivity contribution is 5.90. The Hall–Kier alpha value is -2.59. The number of rotatable bonds is 10. The highest BCUT2D eigenvalue weighted by atomic mass is 16.6. The van der Waals surface area contributed by atoms with Gasteiger partial charge in [-0.05, 0) is 64.3 Å². The van der Waals surface area contributed by atoms with Crippen LogP contribution in [0.1, 0.15) is 46.6 Å². The number of nitrogens with zero attached hydrogens (tertiary/aromatic N) is 1. The van der Waals surface area contributed by atoms with E-state index in [2.05, 4.69) is 29.4 Å². The van der Waals surface area contributed by atoms with Gasteiger partial charge in [-0.25, -0.2) is 0 Å². The van der Waals surface area contributed by atoms with Crippen LogP contribution < -0.4 is 4.74 Å². The summed E-state index contributed by atoms with van der Waals surface area (Å²) < 4.78 is 11.3. The van der Waals surface area contributed by atoms with Crippen molar-refractivity contribution in [2.45, 2.75) is 52.7 Å². The minimum Gasteiger partial charge on any atom is -0.490 e. The van der Waals surface area contributed by atoms with E-state index in [1.165, 1.54) is 0 Å². The molecule has 0 aliphatic carbocycles. The van der Waals surface area contributed by atoms with Gasteiger partial charge in [0, 0.05) is 5.56 Å². The molecule has 0 unspecified atom stereocenters. The van der Waals surface area contributed by atoms with Crippen molar-refractivity contribution >= 4 is 6.21 Å². The minimum absolute atomic E-state index is 0.278. The quantitative estimate of drug-likeness (QED) is 0.206. The summed E-state index contributed by atoms with van der Waals surface area (Å²) in [6, 6.07) is 16.2. The van der Waals surface area contributed by atoms with Gasteiger partial charge in [0.2, 0.25) is 0 Å². The third-order valence-corrected chi connectivity index (χ3v) is 3.89. The molecule has 0 heterocycles. The first-order chi connectivity index (χ1) is 13.8. The maximum Gasteiger partial charge on any atom is 0.129 e. The highest BCUT2D eigenvalue weighted by Crippen LogP contribution is 2.25. The van der Waals surface area contributed by atoms with Crippen molar-refractivity contribution < 1.29 is 14.3 Å². The maximum atomic E-state index is 5.78. The molecule has 2 aromatic carbocycles. The van der Waals surface area contributed by atoms with Crippen LogP contribution in [0.4, 0.5) is 0 Å². The fourth-order valence-electron chi connectivity index (χ4n) is 2.55. The number of hydrogen-bond donors (Lipinski definition) is 0. The summed E-state index contributed by atoms with van der Waals surface area (Å²) >= 11 is 0. The monoisotopic (exact) mass is 395 g/mol. The van der Waals surface area contributed by atoms with E-state index < -0.39 is 0 Å². The smallest absolute Gasteiger partial charge is 0.129 e. The Kier molecular flexibility index (Phi) is 8.94. The fourth-order valence-corrected chi connectivity index (χ4v) is 2.55. The van der Waals surface area contributed by atoms with E-state index in [1.54, 1.807) is 6.21 Å². The Morgan fingerprint density at radius 3 is 2.38 bits per heavy atom. The van der Waals surface area contributed by atoms with Crippen LogP contribution in [0.5, 0.6) is 5.75 Å². The zero-order chi connectivity index (χ0) is 21.1. The summed E-state index contributed by atoms with van der Waals surface area (Å²) in [5.74, 6) is 0.846. The van der Waals surface area contributed by atoms with Gasteiger partial charge in [0.1, 0.15) is 18.0 Å². The van der Waals surface area contributed by atoms with Gasteiger partial charge in [0.25, 0.3) is 0 Å². The molecule has 0 aliphatic rings. The minimum atomic E-state index is -0.305. The molecule has 0 bridgehead atoms. The van der Waals surface area contributed by atoms with Crippen LogP contribution in [-0.2, 0) is 9.57 Å². The van der Waals surface area contributed by atoms with Crippen LogP contribution in [0.2, 0.25) is 0 Å². The molecule has 0 aromatic heterocycles. The molecular weight excluding hydrogens is 362 g/mol. The Balaban J connectivity index is 1.92. The van der Waals surface area contributed by atoms with Crippen molar-refractivity contribution in [1.82, 2.24) is 0 Å². The van der Waals surface area contributed by atoms with Gasteiger partial charge in [-0.1, -0.05) is 53.7 Å². The standard InChI is InChI=1S/C25H33NO3/c1-20(2)27-17-9-6-10-18-28-23-15-13-21(14-16-23)24-12-8-7-11-22(24)19-26-29-25(3,4)5/h6-8,10-16,19-20H,9,17-18H2,1-5H3/b10-6+,26-19+. The van der Waals surface area contributed by atoms with Crippen LogP contribution in [0, 0.1) is 0 Å². The molecule has 2 rings (SSSR count). The number of ether oxygens (including phenoxy) is 2. The second kappa shape index (κ2) is 11.4. The van der Waals surface area contributed by atoms with E-state index in [4.69, 9.17) is 14.3 Å². The van der Waals surface area contributed by atoms with E-state index in [-0.39, 0.29) is 11.7 Å². The number of oxime groups is 1. The van der Waals surface area contributed by atoms with Crippen molar-refractivity contribution in [3.8, 4) is 16.9 Å². The third kappa shape index (κ3) is 8.97. The third-order valence-electron chi connectivity index (χ3n) is 3.89. The zero-order valence-electron chi connectivity index (χ0n) is 18.2. The molecule has 0 N–H and O–H groups in total. The van der Waals surface area contributed by atoms with Gasteiger partial charge in [0.05, 0.1) is 18.9 Å². The fraction of sp³-hybridized carbons (Fsp3) is 0.400. The zero-order valence-corrected chi connectivity index (χ0v) is 18.2. The number of hydrogen-bond acceptors (Lipinski definition) is 4. The lowest BCUT2D eigenvalue weighted by Crippen LogP contribution is -2.15. The Morgan fingerprint density at radius 2 is 1.69 bits per heavy atom. The van der Waals surface area contributed by atoms with Crippen molar-refractivity contribution in [3.05, 3.63) is 66.2 Å². The lowest BCUT2D eigenvalue weighted by Gasteiger charge is -2.15. The summed E-state index contributed by atoms with van der Waals surface area (Å²) in [7, 11) is 0. The van der Waals surface area contributed by atoms with Crippen molar-refractivity contribution in [3.63, 3.8) is 0 Å². The van der Waals surface area contributed by atoms with Crippen LogP contribution in [0.15, 0.2) is 65.8 Å². The summed E-state index contributed by atoms with van der Waals surface area (Å²) in [6.45, 7) is 11.3. The summed E-state index contributed by atoms with van der Waals surface area (Å²) in [4.78, 5) is 5.47. The average molecular weight is 396 g/mol. The molecular formula is C25H33NO3. The van der Waals surface area contributed by atoms with Crippen molar-refractivity contribution in [1.29, 1.82) is 0 Å². The molecule has 0 aliphatic heterocycles. The molecule has 0 radical (unpaired) electrons. The van der Waals surface area contributed by atoms with E-state index in [9.17, 15) is 0 Å². The molecule has 0 saturated carbocycles. The second-order valence-corrected chi connectivity index (χ2v) is 8.04. The van der Waals surface area contributed by atoms with E-state index in [0.717, 1.165) is 35.5 Å². The summed E-state index contributed by atoms with van der Waals surface area (Å²) in [5, 5.41) is 4.13. The highest BCUT2D eigenvalue weighted by Gasteiger charge is 2.10. The van der Waals surface area contributed by atoms with E-state index >= 15 is 0 Å². The first-order valence-electron chi connectivity index (χ1n) is 10.2. The second-order valence-electron chi connectivity index (χ2n) is 8.04. The molecule has 0 atom stereocenters. The lowest BCUT2D eigenvalue weighted by molar-refractivity contribution is 0.00199. The van der Waals surface area contributed by atoms with Crippen LogP contribution in [0.25, 0.3) is 11.1 Å². The van der Waals surface area contributed by atoms with Gasteiger partial charge in [-0.15, -0.1) is 0 Å². The largest absolute Gasteiger partial charge is 0.490 e. The van der Waals surface area contributed by atoms with Gasteiger partial charge in [-0.3, -0.25) is 0 Å². The van der Waals surface area contributed by atoms with Crippen molar-refractivity contribution in [2.24, 2.45) is 5.16 Å². The van der Waals surface area contributed by atoms with Gasteiger partial charge in [-0.2, -0.15) is 0 Å². The topological polar surface area (TPSA) is 40.0 Å². The van der Waals surface area contributed by atoms with Crippen LogP contribution in [0.3, 0.4) is 0 Å². The predicted molar refractivity (Wildman–Crippen MR) is 121 cm³/mol. The molecule has 156 valence electrons. The average Bonchev–Trinajstić information content (AvgIpc) is 2.67. The lowest BCUT2D eigenvalue weighted by atomic mass is 10.0. The number of benzene rings is 2. The van der Waals surface area contributed by atoms with Crippen LogP contribution >= 0.6 is 0 Å². The maximum absolute atomic E-state index is 5.78. The first-order valence-corrected chi connectivity index (χ1v) is 10.2. The Labute approximate surface area is 175 Å². The van der Waals surface area contributed by atoms with Gasteiger partial charge >= 0.3 is 0 Å². The van der Waals surface area contributed by atoms with Gasteiger partial charge < -0.3 is 14.3 Å². The Bertz CT molecular complexity index is 786. The summed E-state index contributed by atoms with van der Waals surface area (Å²) in [5.41, 5.74) is 2.92. The molecule has 0 saturated heterocycles. The predicted octanol–water partition coefficient (Wildman–Crippen LogP) is 6.25. The molecule has 4 heteroatoms. The Morgan fingerprint density at radius 1 is 0.966 bits per heavy atom. The molecule has 4 nitrogen and oxygen atoms in total. The SMILES string of the molecule is CC(C)OCC/C=C/COc1ccc(-c2ccccc2/C=N/OC(C)(C)C)cc1. The van der Waals surface area contributed by atoms with Gasteiger partial charge in [0.15, 0.2) is 0 Å². The van der Waals surface area contributed by atoms with Crippen LogP contribution in [-0.4, -0.2) is 31.1 Å².